The van der Waals surface area contributed by atoms with E-state index in [1.165, 1.54) is 6.20 Å². The normalized spacial score (nSPS) is 10.1. The minimum absolute atomic E-state index is 0.130. The van der Waals surface area contributed by atoms with Crippen LogP contribution >= 0.6 is 11.6 Å². The molecule has 0 aliphatic rings. The van der Waals surface area contributed by atoms with Crippen LogP contribution in [0.25, 0.3) is 0 Å². The van der Waals surface area contributed by atoms with Gasteiger partial charge in [-0.15, -0.1) is 0 Å². The highest BCUT2D eigenvalue weighted by Crippen LogP contribution is 2.17. The van der Waals surface area contributed by atoms with Crippen molar-refractivity contribution in [3.63, 3.8) is 0 Å². The molecule has 0 atom stereocenters. The van der Waals surface area contributed by atoms with Crippen molar-refractivity contribution in [2.45, 2.75) is 6.42 Å². The van der Waals surface area contributed by atoms with Crippen LogP contribution in [-0.4, -0.2) is 11.5 Å². The maximum Gasteiger partial charge on any atom is 0.160 e. The lowest BCUT2D eigenvalue weighted by atomic mass is 10.2. The summed E-state index contributed by atoms with van der Waals surface area (Å²) in [6.07, 6.45) is 3.17. The maximum absolute atomic E-state index is 12.7. The quantitative estimate of drug-likeness (QED) is 0.736. The van der Waals surface area contributed by atoms with Gasteiger partial charge in [0.2, 0.25) is 0 Å². The van der Waals surface area contributed by atoms with Gasteiger partial charge in [-0.05, 0) is 18.5 Å². The van der Waals surface area contributed by atoms with Gasteiger partial charge in [0, 0.05) is 6.20 Å². The van der Waals surface area contributed by atoms with Crippen molar-refractivity contribution >= 4 is 11.6 Å². The Hall–Kier alpha value is -0.670. The number of halogens is 2. The largest absolute Gasteiger partial charge is 0.330 e. The van der Waals surface area contributed by atoms with Gasteiger partial charge in [0.05, 0.1) is 11.2 Å². The van der Waals surface area contributed by atoms with Gasteiger partial charge in [-0.3, -0.25) is 4.98 Å². The molecule has 0 aromatic carbocycles. The topological polar surface area (TPSA) is 38.9 Å². The van der Waals surface area contributed by atoms with E-state index < -0.39 is 5.82 Å². The summed E-state index contributed by atoms with van der Waals surface area (Å²) in [4.78, 5) is 3.65. The van der Waals surface area contributed by atoms with Crippen LogP contribution in [-0.2, 0) is 6.42 Å². The Morgan fingerprint density at radius 1 is 1.55 bits per heavy atom. The fraction of sp³-hybridized carbons (Fsp3) is 0.286. The van der Waals surface area contributed by atoms with E-state index in [9.17, 15) is 4.39 Å². The first-order valence-electron chi connectivity index (χ1n) is 3.23. The molecular formula is C7H8ClFN2. The van der Waals surface area contributed by atoms with Crippen molar-refractivity contribution in [2.75, 3.05) is 6.54 Å². The molecule has 1 aromatic rings. The van der Waals surface area contributed by atoms with Gasteiger partial charge in [-0.2, -0.15) is 0 Å². The summed E-state index contributed by atoms with van der Waals surface area (Å²) >= 11 is 5.60. The van der Waals surface area contributed by atoms with E-state index in [1.54, 1.807) is 0 Å². The average Bonchev–Trinajstić information content (AvgIpc) is 1.99. The molecule has 1 aromatic heterocycles. The van der Waals surface area contributed by atoms with E-state index in [2.05, 4.69) is 4.98 Å². The zero-order valence-corrected chi connectivity index (χ0v) is 6.61. The third kappa shape index (κ3) is 1.88. The van der Waals surface area contributed by atoms with E-state index >= 15 is 0 Å². The summed E-state index contributed by atoms with van der Waals surface area (Å²) in [6.45, 7) is 0.449. The molecule has 0 unspecified atom stereocenters. The molecule has 11 heavy (non-hydrogen) atoms. The van der Waals surface area contributed by atoms with Crippen LogP contribution in [0, 0.1) is 5.82 Å². The Balaban J connectivity index is 2.96. The second-order valence-electron chi connectivity index (χ2n) is 2.13. The third-order valence-electron chi connectivity index (χ3n) is 1.32. The number of pyridine rings is 1. The van der Waals surface area contributed by atoms with Gasteiger partial charge in [-0.1, -0.05) is 11.6 Å². The molecule has 60 valence electrons. The first-order valence-corrected chi connectivity index (χ1v) is 3.61. The molecule has 2 N–H and O–H groups in total. The van der Waals surface area contributed by atoms with Crippen molar-refractivity contribution < 1.29 is 4.39 Å². The summed E-state index contributed by atoms with van der Waals surface area (Å²) in [7, 11) is 0. The fourth-order valence-electron chi connectivity index (χ4n) is 0.789. The number of nitrogens with two attached hydrogens (primary N) is 1. The Morgan fingerprint density at radius 3 is 2.91 bits per heavy atom. The summed E-state index contributed by atoms with van der Waals surface area (Å²) in [6, 6.07) is 0. The van der Waals surface area contributed by atoms with E-state index in [1.807, 2.05) is 0 Å². The molecule has 0 bridgehead atoms. The van der Waals surface area contributed by atoms with Crippen molar-refractivity contribution in [2.24, 2.45) is 5.73 Å². The Bertz CT molecular complexity index is 252. The van der Waals surface area contributed by atoms with Crippen molar-refractivity contribution in [1.82, 2.24) is 4.98 Å². The lowest BCUT2D eigenvalue weighted by Gasteiger charge is -2.00. The van der Waals surface area contributed by atoms with Gasteiger partial charge < -0.3 is 5.73 Å². The molecule has 4 heteroatoms. The molecule has 0 amide bonds. The lowest BCUT2D eigenvalue weighted by molar-refractivity contribution is 0.619. The number of hydrogen-bond acceptors (Lipinski definition) is 2. The van der Waals surface area contributed by atoms with Crippen LogP contribution in [0.1, 0.15) is 5.56 Å². The summed E-state index contributed by atoms with van der Waals surface area (Å²) in [5.41, 5.74) is 5.93. The molecule has 0 aliphatic heterocycles. The SMILES string of the molecule is NCCc1cncc(F)c1Cl. The molecule has 0 aliphatic carbocycles. The van der Waals surface area contributed by atoms with E-state index in [0.29, 0.717) is 18.5 Å². The van der Waals surface area contributed by atoms with Crippen molar-refractivity contribution in [3.8, 4) is 0 Å². The predicted octanol–water partition coefficient (Wildman–Crippen LogP) is 1.38. The van der Waals surface area contributed by atoms with E-state index in [0.717, 1.165) is 6.20 Å². The molecule has 0 radical (unpaired) electrons. The average molecular weight is 175 g/mol. The standard InChI is InChI=1S/C7H8ClFN2/c8-7-5(1-2-10)3-11-4-6(7)9/h3-4H,1-2,10H2. The second kappa shape index (κ2) is 3.64. The number of nitrogens with zero attached hydrogens (tertiary/aromatic N) is 1. The molecular weight excluding hydrogens is 167 g/mol. The zero-order chi connectivity index (χ0) is 8.27. The first-order chi connectivity index (χ1) is 5.25. The fourth-order valence-corrected chi connectivity index (χ4v) is 0.981. The van der Waals surface area contributed by atoms with Crippen LogP contribution in [0.4, 0.5) is 4.39 Å². The Labute approximate surface area is 69.2 Å². The highest BCUT2D eigenvalue weighted by atomic mass is 35.5. The minimum Gasteiger partial charge on any atom is -0.330 e. The van der Waals surface area contributed by atoms with Crippen LogP contribution in [0.2, 0.25) is 5.02 Å². The molecule has 0 saturated carbocycles. The molecule has 1 heterocycles. The molecule has 0 spiro atoms. The third-order valence-corrected chi connectivity index (χ3v) is 1.75. The summed E-state index contributed by atoms with van der Waals surface area (Å²) in [5, 5.41) is 0.130. The highest BCUT2D eigenvalue weighted by molar-refractivity contribution is 6.31. The van der Waals surface area contributed by atoms with Crippen LogP contribution in [0.3, 0.4) is 0 Å². The molecule has 2 nitrogen and oxygen atoms in total. The first kappa shape index (κ1) is 8.43. The maximum atomic E-state index is 12.7. The lowest BCUT2D eigenvalue weighted by Crippen LogP contribution is -2.04. The summed E-state index contributed by atoms with van der Waals surface area (Å²) in [5.74, 6) is -0.488. The second-order valence-corrected chi connectivity index (χ2v) is 2.51. The van der Waals surface area contributed by atoms with Crippen molar-refractivity contribution in [1.29, 1.82) is 0 Å². The van der Waals surface area contributed by atoms with Crippen LogP contribution in [0.15, 0.2) is 12.4 Å². The molecule has 0 saturated heterocycles. The van der Waals surface area contributed by atoms with E-state index in [4.69, 9.17) is 17.3 Å². The van der Waals surface area contributed by atoms with Gasteiger partial charge in [-0.25, -0.2) is 4.39 Å². The van der Waals surface area contributed by atoms with Crippen LogP contribution in [0.5, 0.6) is 0 Å². The Morgan fingerprint density at radius 2 is 2.27 bits per heavy atom. The monoisotopic (exact) mass is 174 g/mol. The van der Waals surface area contributed by atoms with E-state index in [-0.39, 0.29) is 5.02 Å². The van der Waals surface area contributed by atoms with Gasteiger partial charge in [0.1, 0.15) is 0 Å². The zero-order valence-electron chi connectivity index (χ0n) is 5.85. The number of hydrogen-bond donors (Lipinski definition) is 1. The number of rotatable bonds is 2. The van der Waals surface area contributed by atoms with Gasteiger partial charge in [0.15, 0.2) is 5.82 Å². The predicted molar refractivity (Wildman–Crippen MR) is 42.0 cm³/mol. The van der Waals surface area contributed by atoms with Gasteiger partial charge >= 0.3 is 0 Å². The van der Waals surface area contributed by atoms with Crippen LogP contribution < -0.4 is 5.73 Å². The molecule has 1 rings (SSSR count). The van der Waals surface area contributed by atoms with Crippen molar-refractivity contribution in [3.05, 3.63) is 28.8 Å². The molecule has 0 fully saturated rings. The summed E-state index contributed by atoms with van der Waals surface area (Å²) < 4.78 is 12.7. The number of aromatic nitrogens is 1. The van der Waals surface area contributed by atoms with Gasteiger partial charge in [0.25, 0.3) is 0 Å². The smallest absolute Gasteiger partial charge is 0.160 e. The Kier molecular flexibility index (Phi) is 2.79. The highest BCUT2D eigenvalue weighted by Gasteiger charge is 2.04. The minimum atomic E-state index is -0.488.